The van der Waals surface area contributed by atoms with Crippen molar-refractivity contribution in [3.05, 3.63) is 35.1 Å². The molecule has 0 saturated heterocycles. The van der Waals surface area contributed by atoms with E-state index in [-0.39, 0.29) is 29.8 Å². The van der Waals surface area contributed by atoms with E-state index < -0.39 is 5.82 Å². The minimum Gasteiger partial charge on any atom is -0.354 e. The molecule has 1 aromatic carbocycles. The third-order valence-electron chi connectivity index (χ3n) is 3.52. The predicted octanol–water partition coefficient (Wildman–Crippen LogP) is 2.31. The number of rotatable bonds is 10. The third-order valence-corrected chi connectivity index (χ3v) is 3.52. The second-order valence-corrected chi connectivity index (χ2v) is 5.52. The van der Waals surface area contributed by atoms with Gasteiger partial charge in [0.05, 0.1) is 0 Å². The number of amides is 2. The number of nitrogens with one attached hydrogen (secondary N) is 2. The molecule has 0 fully saturated rings. The smallest absolute Gasteiger partial charge is 0.251 e. The van der Waals surface area contributed by atoms with Gasteiger partial charge in [-0.05, 0) is 44.0 Å². The van der Waals surface area contributed by atoms with Crippen molar-refractivity contribution in [3.8, 4) is 0 Å². The van der Waals surface area contributed by atoms with Crippen LogP contribution < -0.4 is 16.4 Å². The van der Waals surface area contributed by atoms with Gasteiger partial charge < -0.3 is 16.4 Å². The van der Waals surface area contributed by atoms with Crippen LogP contribution in [0.2, 0.25) is 0 Å². The summed E-state index contributed by atoms with van der Waals surface area (Å²) in [5.74, 6) is -0.770. The fourth-order valence-corrected chi connectivity index (χ4v) is 2.09. The molecule has 0 aliphatic carbocycles. The fraction of sp³-hybridized carbons (Fsp3) is 0.529. The number of benzene rings is 1. The van der Waals surface area contributed by atoms with Gasteiger partial charge in [-0.1, -0.05) is 18.9 Å². The zero-order valence-corrected chi connectivity index (χ0v) is 14.9. The van der Waals surface area contributed by atoms with Crippen LogP contribution in [0.3, 0.4) is 0 Å². The van der Waals surface area contributed by atoms with Gasteiger partial charge in [-0.2, -0.15) is 0 Å². The molecule has 0 bridgehead atoms. The lowest BCUT2D eigenvalue weighted by Crippen LogP contribution is -2.34. The van der Waals surface area contributed by atoms with Crippen molar-refractivity contribution in [1.29, 1.82) is 0 Å². The number of carbonyl (C=O) groups is 2. The standard InChI is InChI=1S/C17H26FN3O2.ClH/c1-13-7-8-14(12-15(13)18)17(23)21-11-10-20-16(22)6-4-2-3-5-9-19;/h7-8,12H,2-6,9-11,19H2,1H3,(H,20,22)(H,21,23);1H. The first-order valence-electron chi connectivity index (χ1n) is 8.05. The largest absolute Gasteiger partial charge is 0.354 e. The Morgan fingerprint density at radius 2 is 1.75 bits per heavy atom. The van der Waals surface area contributed by atoms with Crippen molar-refractivity contribution in [2.24, 2.45) is 5.73 Å². The van der Waals surface area contributed by atoms with Gasteiger partial charge in [0.2, 0.25) is 5.91 Å². The number of aryl methyl sites for hydroxylation is 1. The number of unbranched alkanes of at least 4 members (excludes halogenated alkanes) is 3. The van der Waals surface area contributed by atoms with Crippen LogP contribution in [0.1, 0.15) is 48.0 Å². The molecular weight excluding hydrogens is 333 g/mol. The second kappa shape index (κ2) is 12.7. The highest BCUT2D eigenvalue weighted by Gasteiger charge is 2.07. The monoisotopic (exact) mass is 359 g/mol. The SMILES string of the molecule is Cc1ccc(C(=O)NCCNC(=O)CCCCCCN)cc1F.Cl. The van der Waals surface area contributed by atoms with Crippen LogP contribution in [-0.2, 0) is 4.79 Å². The first-order chi connectivity index (χ1) is 11.0. The first-order valence-corrected chi connectivity index (χ1v) is 8.05. The maximum Gasteiger partial charge on any atom is 0.251 e. The van der Waals surface area contributed by atoms with Crippen molar-refractivity contribution < 1.29 is 14.0 Å². The van der Waals surface area contributed by atoms with Crippen LogP contribution in [-0.4, -0.2) is 31.4 Å². The van der Waals surface area contributed by atoms with Crippen molar-refractivity contribution in [2.45, 2.75) is 39.0 Å². The lowest BCUT2D eigenvalue weighted by atomic mass is 10.1. The van der Waals surface area contributed by atoms with Crippen LogP contribution in [0, 0.1) is 12.7 Å². The van der Waals surface area contributed by atoms with Crippen molar-refractivity contribution in [2.75, 3.05) is 19.6 Å². The van der Waals surface area contributed by atoms with E-state index in [0.717, 1.165) is 25.7 Å². The molecule has 0 heterocycles. The van der Waals surface area contributed by atoms with Crippen molar-refractivity contribution in [3.63, 3.8) is 0 Å². The van der Waals surface area contributed by atoms with Gasteiger partial charge in [0.15, 0.2) is 0 Å². The molecule has 2 amide bonds. The molecule has 0 saturated carbocycles. The lowest BCUT2D eigenvalue weighted by Gasteiger charge is -2.08. The summed E-state index contributed by atoms with van der Waals surface area (Å²) in [6.45, 7) is 3.01. The summed E-state index contributed by atoms with van der Waals surface area (Å²) in [6, 6.07) is 4.36. The highest BCUT2D eigenvalue weighted by atomic mass is 35.5. The summed E-state index contributed by atoms with van der Waals surface area (Å²) in [5.41, 5.74) is 6.18. The van der Waals surface area contributed by atoms with E-state index in [1.54, 1.807) is 19.1 Å². The summed E-state index contributed by atoms with van der Waals surface area (Å²) < 4.78 is 13.4. The van der Waals surface area contributed by atoms with Crippen LogP contribution in [0.4, 0.5) is 4.39 Å². The average molecular weight is 360 g/mol. The van der Waals surface area contributed by atoms with Gasteiger partial charge in [0.25, 0.3) is 5.91 Å². The van der Waals surface area contributed by atoms with Gasteiger partial charge in [-0.15, -0.1) is 12.4 Å². The van der Waals surface area contributed by atoms with Gasteiger partial charge >= 0.3 is 0 Å². The van der Waals surface area contributed by atoms with E-state index in [0.29, 0.717) is 31.6 Å². The average Bonchev–Trinajstić information content (AvgIpc) is 2.53. The maximum absolute atomic E-state index is 13.4. The molecule has 0 spiro atoms. The van der Waals surface area contributed by atoms with E-state index >= 15 is 0 Å². The Balaban J connectivity index is 0.00000529. The molecule has 0 radical (unpaired) electrons. The minimum atomic E-state index is -0.402. The summed E-state index contributed by atoms with van der Waals surface area (Å²) in [6.07, 6.45) is 4.38. The molecule has 1 aromatic rings. The number of hydrogen-bond donors (Lipinski definition) is 3. The van der Waals surface area contributed by atoms with Crippen LogP contribution >= 0.6 is 12.4 Å². The number of carbonyl (C=O) groups excluding carboxylic acids is 2. The van der Waals surface area contributed by atoms with Crippen molar-refractivity contribution >= 4 is 24.2 Å². The maximum atomic E-state index is 13.4. The van der Waals surface area contributed by atoms with E-state index in [2.05, 4.69) is 10.6 Å². The van der Waals surface area contributed by atoms with Crippen LogP contribution in [0.5, 0.6) is 0 Å². The molecule has 0 atom stereocenters. The molecule has 7 heteroatoms. The molecule has 4 N–H and O–H groups in total. The minimum absolute atomic E-state index is 0. The van der Waals surface area contributed by atoms with E-state index in [1.807, 2.05) is 0 Å². The zero-order chi connectivity index (χ0) is 17.1. The highest BCUT2D eigenvalue weighted by Crippen LogP contribution is 2.08. The van der Waals surface area contributed by atoms with Gasteiger partial charge in [-0.25, -0.2) is 4.39 Å². The Morgan fingerprint density at radius 3 is 2.42 bits per heavy atom. The van der Waals surface area contributed by atoms with Crippen LogP contribution in [0.25, 0.3) is 0 Å². The van der Waals surface area contributed by atoms with Gasteiger partial charge in [0.1, 0.15) is 5.82 Å². The first kappa shape index (κ1) is 22.3. The summed E-state index contributed by atoms with van der Waals surface area (Å²) in [5, 5.41) is 5.40. The Morgan fingerprint density at radius 1 is 1.08 bits per heavy atom. The molecule has 0 unspecified atom stereocenters. The Kier molecular flexibility index (Phi) is 11.8. The molecule has 5 nitrogen and oxygen atoms in total. The van der Waals surface area contributed by atoms with E-state index in [4.69, 9.17) is 5.73 Å². The van der Waals surface area contributed by atoms with Crippen LogP contribution in [0.15, 0.2) is 18.2 Å². The Bertz CT molecular complexity index is 527. The lowest BCUT2D eigenvalue weighted by molar-refractivity contribution is -0.121. The normalized spacial score (nSPS) is 9.96. The van der Waals surface area contributed by atoms with Gasteiger partial charge in [-0.3, -0.25) is 9.59 Å². The topological polar surface area (TPSA) is 84.2 Å². The molecular formula is C17H27ClFN3O2. The summed E-state index contributed by atoms with van der Waals surface area (Å²) in [7, 11) is 0. The van der Waals surface area contributed by atoms with E-state index in [1.165, 1.54) is 6.07 Å². The fourth-order valence-electron chi connectivity index (χ4n) is 2.09. The predicted molar refractivity (Wildman–Crippen MR) is 95.9 cm³/mol. The Labute approximate surface area is 149 Å². The number of nitrogens with two attached hydrogens (primary N) is 1. The second-order valence-electron chi connectivity index (χ2n) is 5.52. The third kappa shape index (κ3) is 8.84. The highest BCUT2D eigenvalue weighted by molar-refractivity contribution is 5.94. The number of halogens is 2. The molecule has 1 rings (SSSR count). The molecule has 136 valence electrons. The molecule has 0 aromatic heterocycles. The summed E-state index contributed by atoms with van der Waals surface area (Å²) >= 11 is 0. The van der Waals surface area contributed by atoms with Gasteiger partial charge in [0, 0.05) is 25.1 Å². The number of hydrogen-bond acceptors (Lipinski definition) is 3. The zero-order valence-electron chi connectivity index (χ0n) is 14.1. The quantitative estimate of drug-likeness (QED) is 0.560. The molecule has 0 aliphatic heterocycles. The van der Waals surface area contributed by atoms with E-state index in [9.17, 15) is 14.0 Å². The molecule has 0 aliphatic rings. The molecule has 24 heavy (non-hydrogen) atoms. The van der Waals surface area contributed by atoms with Crippen molar-refractivity contribution in [1.82, 2.24) is 10.6 Å². The Hall–Kier alpha value is -1.66. The summed E-state index contributed by atoms with van der Waals surface area (Å²) in [4.78, 5) is 23.4.